The average molecular weight is 1060 g/mol. The van der Waals surface area contributed by atoms with Gasteiger partial charge in [0.25, 0.3) is 0 Å². The second-order valence-corrected chi connectivity index (χ2v) is 19.0. The second kappa shape index (κ2) is 34.5. The number of carbonyl (C=O) groups excluding carboxylic acids is 4. The Hall–Kier alpha value is -6.92. The quantitative estimate of drug-likeness (QED) is 0.0499. The van der Waals surface area contributed by atoms with Gasteiger partial charge in [0, 0.05) is 65.0 Å². The molecule has 1 saturated heterocycles. The Bertz CT molecular complexity index is 2210. The van der Waals surface area contributed by atoms with Gasteiger partial charge in [0.2, 0.25) is 17.7 Å². The molecule has 1 aliphatic heterocycles. The average Bonchev–Trinajstić information content (AvgIpc) is 3.34. The van der Waals surface area contributed by atoms with Gasteiger partial charge < -0.3 is 57.2 Å². The Balaban J connectivity index is 1.51. The highest BCUT2D eigenvalue weighted by Gasteiger charge is 2.26. The van der Waals surface area contributed by atoms with E-state index in [1.165, 1.54) is 0 Å². The largest absolute Gasteiger partial charge is 0.481 e. The van der Waals surface area contributed by atoms with Gasteiger partial charge in [0.05, 0.1) is 19.6 Å². The third kappa shape index (κ3) is 27.3. The van der Waals surface area contributed by atoms with Gasteiger partial charge in [0.1, 0.15) is 18.1 Å². The minimum absolute atomic E-state index is 0.0617. The lowest BCUT2D eigenvalue weighted by molar-refractivity contribution is -0.141. The monoisotopic (exact) mass is 1060 g/mol. The molecule has 11 N–H and O–H groups in total. The highest BCUT2D eigenvalue weighted by atomic mass is 16.4. The summed E-state index contributed by atoms with van der Waals surface area (Å²) in [6.07, 6.45) is 5.21. The zero-order chi connectivity index (χ0) is 55.1. The summed E-state index contributed by atoms with van der Waals surface area (Å²) in [7, 11) is 0. The van der Waals surface area contributed by atoms with Crippen LogP contribution in [0.2, 0.25) is 0 Å². The molecule has 1 fully saturated rings. The molecule has 24 heteroatoms. The van der Waals surface area contributed by atoms with Gasteiger partial charge in [-0.05, 0) is 93.1 Å². The number of nitrogens with one attached hydrogen (secondary N) is 5. The number of hydrogen-bond acceptors (Lipinski definition) is 13. The first kappa shape index (κ1) is 62.4. The van der Waals surface area contributed by atoms with Crippen molar-refractivity contribution >= 4 is 70.3 Å². The minimum atomic E-state index is -1.55. The van der Waals surface area contributed by atoms with Crippen molar-refractivity contribution in [3.8, 4) is 0 Å². The maximum absolute atomic E-state index is 13.6. The lowest BCUT2D eigenvalue weighted by atomic mass is 9.93. The molecule has 24 nitrogen and oxygen atoms in total. The lowest BCUT2D eigenvalue weighted by Crippen LogP contribution is -2.51. The highest BCUT2D eigenvalue weighted by molar-refractivity contribution is 5.89. The van der Waals surface area contributed by atoms with Crippen molar-refractivity contribution < 1.29 is 78.6 Å². The predicted octanol–water partition coefficient (Wildman–Crippen LogP) is 2.03. The SMILES string of the molecule is O=C(O)CC[C@H](NC(=O)N[C@@H](CCCCNC(=O)C(Cc1ccc2ccccc2c1)NC(=O)CCCCCNC(=O)CC1CCCCCN(CC(=O)O)CCN(CC(=O)O)CCN(CC(=O)O)CC1)C(=O)O)C(=O)O. The Kier molecular flexibility index (Phi) is 28.7. The van der Waals surface area contributed by atoms with Gasteiger partial charge in [-0.1, -0.05) is 61.7 Å². The van der Waals surface area contributed by atoms with E-state index in [1.807, 2.05) is 42.5 Å². The molecule has 0 spiro atoms. The zero-order valence-electron chi connectivity index (χ0n) is 42.6. The van der Waals surface area contributed by atoms with Crippen molar-refractivity contribution in [2.45, 2.75) is 121 Å². The first-order valence-corrected chi connectivity index (χ1v) is 25.7. The molecular weight excluding hydrogens is 981 g/mol. The van der Waals surface area contributed by atoms with Crippen LogP contribution in [-0.2, 0) is 49.6 Å². The lowest BCUT2D eigenvalue weighted by Gasteiger charge is -2.28. The van der Waals surface area contributed by atoms with Crippen LogP contribution >= 0.6 is 0 Å². The molecule has 416 valence electrons. The number of benzene rings is 2. The third-order valence-electron chi connectivity index (χ3n) is 12.8. The van der Waals surface area contributed by atoms with Gasteiger partial charge in [-0.15, -0.1) is 0 Å². The topological polar surface area (TPSA) is 362 Å². The summed E-state index contributed by atoms with van der Waals surface area (Å²) in [6, 6.07) is 8.43. The van der Waals surface area contributed by atoms with Crippen LogP contribution in [0.5, 0.6) is 0 Å². The molecule has 3 rings (SSSR count). The van der Waals surface area contributed by atoms with Crippen molar-refractivity contribution in [2.75, 3.05) is 72.0 Å². The molecule has 2 aromatic carbocycles. The molecule has 0 saturated carbocycles. The van der Waals surface area contributed by atoms with Crippen molar-refractivity contribution in [2.24, 2.45) is 5.92 Å². The summed E-state index contributed by atoms with van der Waals surface area (Å²) in [5, 5.41) is 71.2. The molecule has 2 aromatic rings. The van der Waals surface area contributed by atoms with Crippen LogP contribution in [0.4, 0.5) is 4.79 Å². The number of carbonyl (C=O) groups is 10. The van der Waals surface area contributed by atoms with Crippen molar-refractivity contribution in [3.63, 3.8) is 0 Å². The van der Waals surface area contributed by atoms with E-state index in [9.17, 15) is 73.5 Å². The number of unbranched alkanes of at least 4 members (excludes halogenated alkanes) is 3. The number of nitrogens with zero attached hydrogens (tertiary/aromatic N) is 3. The van der Waals surface area contributed by atoms with E-state index in [0.717, 1.165) is 35.6 Å². The molecular formula is C51H76N8O16. The Morgan fingerprint density at radius 3 is 1.69 bits per heavy atom. The number of fused-ring (bicyclic) bond motifs is 1. The Labute approximate surface area is 435 Å². The number of rotatable bonds is 30. The van der Waals surface area contributed by atoms with Crippen LogP contribution in [0, 0.1) is 5.92 Å². The number of amides is 5. The third-order valence-corrected chi connectivity index (χ3v) is 12.8. The van der Waals surface area contributed by atoms with Crippen molar-refractivity contribution in [3.05, 3.63) is 48.0 Å². The zero-order valence-corrected chi connectivity index (χ0v) is 42.6. The van der Waals surface area contributed by atoms with Crippen molar-refractivity contribution in [1.82, 2.24) is 41.3 Å². The van der Waals surface area contributed by atoms with E-state index in [2.05, 4.69) is 26.6 Å². The molecule has 0 aromatic heterocycles. The van der Waals surface area contributed by atoms with Gasteiger partial charge in [-0.2, -0.15) is 0 Å². The summed E-state index contributed by atoms with van der Waals surface area (Å²) < 4.78 is 0. The summed E-state index contributed by atoms with van der Waals surface area (Å²) in [4.78, 5) is 127. The minimum Gasteiger partial charge on any atom is -0.481 e. The molecule has 1 aliphatic rings. The maximum atomic E-state index is 13.6. The van der Waals surface area contributed by atoms with Crippen LogP contribution in [0.15, 0.2) is 42.5 Å². The van der Waals surface area contributed by atoms with Gasteiger partial charge in [0.15, 0.2) is 0 Å². The summed E-state index contributed by atoms with van der Waals surface area (Å²) >= 11 is 0. The smallest absolute Gasteiger partial charge is 0.326 e. The van der Waals surface area contributed by atoms with E-state index in [-0.39, 0.29) is 89.1 Å². The van der Waals surface area contributed by atoms with Gasteiger partial charge in [-0.25, -0.2) is 14.4 Å². The standard InChI is InChI=1S/C51H76N8O16/c60-42(15-4-1-8-21-52-43(61)31-35-11-3-2-10-23-57(32-45(64)65)25-27-59(34-47(68)69)28-26-58(24-20-35)33-46(66)67)54-41(30-36-16-17-37-12-5-6-13-38(37)29-36)48(70)53-22-9-7-14-39(49(71)72)55-51(75)56-40(50(73)74)18-19-44(62)63/h5-6,12-13,16-17,29,35,39-41H,1-4,7-11,14-15,18-28,30-34H2,(H,52,61)(H,53,70)(H,54,60)(H,62,63)(H,64,65)(H,66,67)(H,68,69)(H,71,72)(H,73,74)(H2,55,56,75)/t35?,39-,40-,41?/m0/s1. The molecule has 0 bridgehead atoms. The normalized spacial score (nSPS) is 16.7. The summed E-state index contributed by atoms with van der Waals surface area (Å²) in [5.41, 5.74) is 0.801. The molecule has 5 amide bonds. The van der Waals surface area contributed by atoms with Crippen LogP contribution in [-0.4, -0.2) is 195 Å². The fourth-order valence-corrected chi connectivity index (χ4v) is 8.78. The van der Waals surface area contributed by atoms with Crippen LogP contribution in [0.1, 0.15) is 102 Å². The van der Waals surface area contributed by atoms with E-state index in [1.54, 1.807) is 14.7 Å². The maximum Gasteiger partial charge on any atom is 0.326 e. The molecule has 1 heterocycles. The van der Waals surface area contributed by atoms with E-state index in [4.69, 9.17) is 5.11 Å². The van der Waals surface area contributed by atoms with E-state index < -0.39 is 78.7 Å². The van der Waals surface area contributed by atoms with Crippen LogP contribution in [0.25, 0.3) is 10.8 Å². The molecule has 0 radical (unpaired) electrons. The van der Waals surface area contributed by atoms with E-state index in [0.29, 0.717) is 71.2 Å². The summed E-state index contributed by atoms with van der Waals surface area (Å²) in [6.45, 7) is 1.86. The fraction of sp³-hybridized carbons (Fsp3) is 0.608. The van der Waals surface area contributed by atoms with Gasteiger partial charge in [-0.3, -0.25) is 48.3 Å². The first-order valence-electron chi connectivity index (χ1n) is 25.7. The molecule has 2 unspecified atom stereocenters. The van der Waals surface area contributed by atoms with E-state index >= 15 is 0 Å². The Morgan fingerprint density at radius 1 is 0.507 bits per heavy atom. The fourth-order valence-electron chi connectivity index (χ4n) is 8.78. The van der Waals surface area contributed by atoms with Crippen LogP contribution in [0.3, 0.4) is 0 Å². The molecule has 4 atom stereocenters. The molecule has 75 heavy (non-hydrogen) atoms. The highest BCUT2D eigenvalue weighted by Crippen LogP contribution is 2.20. The van der Waals surface area contributed by atoms with Crippen LogP contribution < -0.4 is 26.6 Å². The van der Waals surface area contributed by atoms with Crippen molar-refractivity contribution in [1.29, 1.82) is 0 Å². The first-order chi connectivity index (χ1) is 35.8. The molecule has 0 aliphatic carbocycles. The van der Waals surface area contributed by atoms with Gasteiger partial charge >= 0.3 is 41.8 Å². The number of carboxylic acids is 6. The second-order valence-electron chi connectivity index (χ2n) is 19.0. The number of aliphatic carboxylic acids is 6. The Morgan fingerprint density at radius 2 is 1.08 bits per heavy atom. The predicted molar refractivity (Wildman–Crippen MR) is 273 cm³/mol. The number of carboxylic acid groups (broad SMARTS) is 6. The number of hydrogen-bond donors (Lipinski definition) is 11. The summed E-state index contributed by atoms with van der Waals surface area (Å²) in [5.74, 6) is -8.23. The number of urea groups is 1.